The fourth-order valence-electron chi connectivity index (χ4n) is 3.84. The predicted octanol–water partition coefficient (Wildman–Crippen LogP) is 3.24. The largest absolute Gasteiger partial charge is 0.496 e. The summed E-state index contributed by atoms with van der Waals surface area (Å²) in [5, 5.41) is 1.02. The highest BCUT2D eigenvalue weighted by atomic mass is 32.2. The minimum absolute atomic E-state index is 0.00799. The number of methoxy groups -OCH3 is 1. The second-order valence-electron chi connectivity index (χ2n) is 7.73. The average Bonchev–Trinajstić information content (AvgIpc) is 2.84. The number of fused-ring (bicyclic) bond motifs is 1. The highest BCUT2D eigenvalue weighted by Gasteiger charge is 2.18. The van der Waals surface area contributed by atoms with Crippen LogP contribution in [0.3, 0.4) is 0 Å². The molecule has 1 aliphatic rings. The fraction of sp³-hybridized carbons (Fsp3) is 0.375. The number of ether oxygens (including phenoxy) is 2. The number of hydrogen-bond donors (Lipinski definition) is 0. The Morgan fingerprint density at radius 3 is 2.76 bits per heavy atom. The Morgan fingerprint density at radius 1 is 1.18 bits per heavy atom. The van der Waals surface area contributed by atoms with Crippen molar-refractivity contribution in [3.63, 3.8) is 0 Å². The molecule has 2 aromatic carbocycles. The third-order valence-corrected chi connectivity index (χ3v) is 6.56. The molecular weight excluding hydrogens is 445 g/mol. The molecule has 0 atom stereocenters. The molecule has 0 amide bonds. The molecule has 0 bridgehead atoms. The molecule has 0 saturated carbocycles. The molecule has 3 aromatic rings. The standard InChI is InChI=1S/C24H26FN3O4S/c1-31-22-8-7-17(25)15-19(22)21(29)16-33-24-26-20-6-3-2-5-18(20)23(30)28(24)10-4-9-27-11-13-32-14-12-27/h2-3,5-8,15H,4,9-14,16H2,1H3. The topological polar surface area (TPSA) is 73.7 Å². The highest BCUT2D eigenvalue weighted by Crippen LogP contribution is 2.24. The number of rotatable bonds is 9. The first-order chi connectivity index (χ1) is 16.1. The molecule has 0 spiro atoms. The van der Waals surface area contributed by atoms with Gasteiger partial charge in [0.15, 0.2) is 10.9 Å². The van der Waals surface area contributed by atoms with Gasteiger partial charge >= 0.3 is 0 Å². The highest BCUT2D eigenvalue weighted by molar-refractivity contribution is 7.99. The Hall–Kier alpha value is -2.75. The lowest BCUT2D eigenvalue weighted by atomic mass is 10.1. The quantitative estimate of drug-likeness (QED) is 0.269. The van der Waals surface area contributed by atoms with Gasteiger partial charge in [-0.05, 0) is 36.8 Å². The number of Topliss-reactive ketones (excluding diaryl/α,β-unsaturated/α-hetero) is 1. The number of morpholine rings is 1. The van der Waals surface area contributed by atoms with E-state index in [0.29, 0.717) is 28.4 Å². The van der Waals surface area contributed by atoms with Crippen molar-refractivity contribution in [1.82, 2.24) is 14.5 Å². The molecule has 0 aliphatic carbocycles. The van der Waals surface area contributed by atoms with Crippen molar-refractivity contribution in [3.05, 3.63) is 64.2 Å². The van der Waals surface area contributed by atoms with Crippen LogP contribution in [0.1, 0.15) is 16.8 Å². The number of nitrogens with zero attached hydrogens (tertiary/aromatic N) is 3. The molecule has 174 valence electrons. The Morgan fingerprint density at radius 2 is 1.97 bits per heavy atom. The summed E-state index contributed by atoms with van der Waals surface area (Å²) in [4.78, 5) is 33.0. The molecule has 1 fully saturated rings. The van der Waals surface area contributed by atoms with Crippen LogP contribution >= 0.6 is 11.8 Å². The van der Waals surface area contributed by atoms with Crippen LogP contribution < -0.4 is 10.3 Å². The van der Waals surface area contributed by atoms with E-state index in [4.69, 9.17) is 9.47 Å². The van der Waals surface area contributed by atoms with Gasteiger partial charge in [0.1, 0.15) is 11.6 Å². The zero-order chi connectivity index (χ0) is 23.2. The maximum Gasteiger partial charge on any atom is 0.262 e. The summed E-state index contributed by atoms with van der Waals surface area (Å²) in [5.41, 5.74) is 0.637. The first-order valence-corrected chi connectivity index (χ1v) is 11.8. The van der Waals surface area contributed by atoms with E-state index in [1.165, 1.54) is 37.1 Å². The number of aromatic nitrogens is 2. The van der Waals surface area contributed by atoms with E-state index in [9.17, 15) is 14.0 Å². The monoisotopic (exact) mass is 471 g/mol. The third-order valence-electron chi connectivity index (χ3n) is 5.58. The number of carbonyl (C=O) groups is 1. The number of hydrogen-bond acceptors (Lipinski definition) is 7. The Labute approximate surface area is 195 Å². The third kappa shape index (κ3) is 5.61. The normalized spacial score (nSPS) is 14.5. The van der Waals surface area contributed by atoms with Crippen molar-refractivity contribution >= 4 is 28.4 Å². The predicted molar refractivity (Wildman–Crippen MR) is 126 cm³/mol. The van der Waals surface area contributed by atoms with E-state index in [1.54, 1.807) is 16.7 Å². The first-order valence-electron chi connectivity index (χ1n) is 10.9. The molecule has 4 rings (SSSR count). The van der Waals surface area contributed by atoms with Crippen LogP contribution in [0.5, 0.6) is 5.75 Å². The van der Waals surface area contributed by atoms with Gasteiger partial charge in [0.25, 0.3) is 5.56 Å². The molecule has 1 aromatic heterocycles. The molecule has 33 heavy (non-hydrogen) atoms. The van der Waals surface area contributed by atoms with Crippen molar-refractivity contribution in [2.75, 3.05) is 45.7 Å². The van der Waals surface area contributed by atoms with Crippen LogP contribution in [0.15, 0.2) is 52.4 Å². The molecule has 9 heteroatoms. The number of halogens is 1. The maximum atomic E-state index is 13.7. The van der Waals surface area contributed by atoms with E-state index in [1.807, 2.05) is 12.1 Å². The van der Waals surface area contributed by atoms with Crippen LogP contribution in [-0.4, -0.2) is 65.9 Å². The summed E-state index contributed by atoms with van der Waals surface area (Å²) in [6, 6.07) is 11.1. The summed E-state index contributed by atoms with van der Waals surface area (Å²) >= 11 is 1.18. The Bertz CT molecular complexity index is 1190. The zero-order valence-electron chi connectivity index (χ0n) is 18.5. The number of benzene rings is 2. The van der Waals surface area contributed by atoms with Crippen LogP contribution in [-0.2, 0) is 11.3 Å². The van der Waals surface area contributed by atoms with E-state index < -0.39 is 5.82 Å². The van der Waals surface area contributed by atoms with E-state index >= 15 is 0 Å². The van der Waals surface area contributed by atoms with Crippen molar-refractivity contribution in [3.8, 4) is 5.75 Å². The van der Waals surface area contributed by atoms with Gasteiger partial charge in [-0.3, -0.25) is 19.1 Å². The minimum atomic E-state index is -0.506. The summed E-state index contributed by atoms with van der Waals surface area (Å²) in [7, 11) is 1.44. The lowest BCUT2D eigenvalue weighted by Crippen LogP contribution is -2.37. The van der Waals surface area contributed by atoms with Gasteiger partial charge in [-0.15, -0.1) is 0 Å². The number of para-hydroxylation sites is 1. The number of ketones is 1. The molecule has 1 saturated heterocycles. The zero-order valence-corrected chi connectivity index (χ0v) is 19.3. The molecule has 1 aliphatic heterocycles. The van der Waals surface area contributed by atoms with Crippen molar-refractivity contribution in [2.24, 2.45) is 0 Å². The lowest BCUT2D eigenvalue weighted by molar-refractivity contribution is 0.0368. The van der Waals surface area contributed by atoms with Gasteiger partial charge in [-0.25, -0.2) is 9.37 Å². The van der Waals surface area contributed by atoms with Gasteiger partial charge in [-0.1, -0.05) is 23.9 Å². The SMILES string of the molecule is COc1ccc(F)cc1C(=O)CSc1nc2ccccc2c(=O)n1CCCN1CCOCC1. The van der Waals surface area contributed by atoms with Crippen molar-refractivity contribution in [2.45, 2.75) is 18.1 Å². The Kier molecular flexibility index (Phi) is 7.74. The fourth-order valence-corrected chi connectivity index (χ4v) is 4.75. The molecular formula is C24H26FN3O4S. The molecule has 0 radical (unpaired) electrons. The summed E-state index contributed by atoms with van der Waals surface area (Å²) in [6.45, 7) is 4.57. The molecule has 0 N–H and O–H groups in total. The van der Waals surface area contributed by atoms with Crippen molar-refractivity contribution < 1.29 is 18.7 Å². The van der Waals surface area contributed by atoms with Gasteiger partial charge in [0.05, 0.1) is 42.5 Å². The summed E-state index contributed by atoms with van der Waals surface area (Å²) < 4.78 is 25.9. The van der Waals surface area contributed by atoms with Gasteiger partial charge in [-0.2, -0.15) is 0 Å². The van der Waals surface area contributed by atoms with E-state index in [0.717, 1.165) is 39.3 Å². The minimum Gasteiger partial charge on any atom is -0.496 e. The van der Waals surface area contributed by atoms with Crippen LogP contribution in [0.4, 0.5) is 4.39 Å². The second kappa shape index (κ2) is 10.9. The van der Waals surface area contributed by atoms with Gasteiger partial charge < -0.3 is 9.47 Å². The van der Waals surface area contributed by atoms with E-state index in [-0.39, 0.29) is 22.7 Å². The average molecular weight is 472 g/mol. The Balaban J connectivity index is 1.55. The lowest BCUT2D eigenvalue weighted by Gasteiger charge is -2.26. The van der Waals surface area contributed by atoms with Crippen LogP contribution in [0.2, 0.25) is 0 Å². The van der Waals surface area contributed by atoms with Crippen LogP contribution in [0, 0.1) is 5.82 Å². The summed E-state index contributed by atoms with van der Waals surface area (Å²) in [6.07, 6.45) is 0.777. The van der Waals surface area contributed by atoms with Gasteiger partial charge in [0.2, 0.25) is 0 Å². The van der Waals surface area contributed by atoms with Crippen molar-refractivity contribution in [1.29, 1.82) is 0 Å². The maximum absolute atomic E-state index is 13.7. The van der Waals surface area contributed by atoms with E-state index in [2.05, 4.69) is 9.88 Å². The summed E-state index contributed by atoms with van der Waals surface area (Å²) in [5.74, 6) is -0.475. The first kappa shape index (κ1) is 23.4. The smallest absolute Gasteiger partial charge is 0.262 e. The molecule has 0 unspecified atom stereocenters. The van der Waals surface area contributed by atoms with Crippen LogP contribution in [0.25, 0.3) is 10.9 Å². The van der Waals surface area contributed by atoms with Gasteiger partial charge in [0, 0.05) is 26.2 Å². The number of carbonyl (C=O) groups excluding carboxylic acids is 1. The second-order valence-corrected chi connectivity index (χ2v) is 8.67. The number of thioether (sulfide) groups is 1. The molecule has 7 nitrogen and oxygen atoms in total. The molecule has 2 heterocycles.